The van der Waals surface area contributed by atoms with Gasteiger partial charge in [0.05, 0.1) is 18.5 Å². The first-order valence-electron chi connectivity index (χ1n) is 8.99. The van der Waals surface area contributed by atoms with E-state index in [2.05, 4.69) is 15.2 Å². The number of carbonyl (C=O) groups is 1. The van der Waals surface area contributed by atoms with E-state index in [1.54, 1.807) is 30.6 Å². The molecule has 0 bridgehead atoms. The van der Waals surface area contributed by atoms with E-state index in [-0.39, 0.29) is 11.7 Å². The molecule has 1 aliphatic heterocycles. The van der Waals surface area contributed by atoms with E-state index < -0.39 is 0 Å². The summed E-state index contributed by atoms with van der Waals surface area (Å²) in [5, 5.41) is 2.86. The van der Waals surface area contributed by atoms with Gasteiger partial charge in [0.15, 0.2) is 0 Å². The minimum absolute atomic E-state index is 0.00358. The van der Waals surface area contributed by atoms with Crippen molar-refractivity contribution in [2.24, 2.45) is 5.92 Å². The number of nitrogens with zero attached hydrogens (tertiary/aromatic N) is 2. The molecule has 5 nitrogen and oxygen atoms in total. The van der Waals surface area contributed by atoms with E-state index in [0.717, 1.165) is 38.2 Å². The van der Waals surface area contributed by atoms with Gasteiger partial charge in [0.25, 0.3) is 0 Å². The predicted molar refractivity (Wildman–Crippen MR) is 98.5 cm³/mol. The number of nitrogens with one attached hydrogen (secondary N) is 1. The number of carbonyl (C=O) groups excluding carboxylic acids is 1. The lowest BCUT2D eigenvalue weighted by Gasteiger charge is -2.32. The summed E-state index contributed by atoms with van der Waals surface area (Å²) in [6.07, 6.45) is 5.94. The SMILES string of the molecule is O=C(CCN1CCC[C@@H](COc2cccc(F)c2)C1)Nc1cccnc1. The van der Waals surface area contributed by atoms with E-state index in [4.69, 9.17) is 4.74 Å². The second-order valence-electron chi connectivity index (χ2n) is 6.62. The van der Waals surface area contributed by atoms with Gasteiger partial charge in [0.1, 0.15) is 11.6 Å². The molecule has 3 rings (SSSR count). The second-order valence-corrected chi connectivity index (χ2v) is 6.62. The van der Waals surface area contributed by atoms with Crippen molar-refractivity contribution in [2.75, 3.05) is 31.6 Å². The van der Waals surface area contributed by atoms with E-state index >= 15 is 0 Å². The summed E-state index contributed by atoms with van der Waals surface area (Å²) in [5.74, 6) is 0.676. The van der Waals surface area contributed by atoms with Gasteiger partial charge in [-0.1, -0.05) is 6.07 Å². The Kier molecular flexibility index (Phi) is 6.55. The normalized spacial score (nSPS) is 17.7. The van der Waals surface area contributed by atoms with Gasteiger partial charge in [0.2, 0.25) is 5.91 Å². The van der Waals surface area contributed by atoms with Gasteiger partial charge in [-0.3, -0.25) is 9.78 Å². The number of halogens is 1. The van der Waals surface area contributed by atoms with Crippen molar-refractivity contribution in [2.45, 2.75) is 19.3 Å². The van der Waals surface area contributed by atoms with Crippen LogP contribution in [0.2, 0.25) is 0 Å². The third kappa shape index (κ3) is 5.81. The summed E-state index contributed by atoms with van der Waals surface area (Å²) in [5.41, 5.74) is 0.720. The number of anilines is 1. The van der Waals surface area contributed by atoms with Crippen molar-refractivity contribution >= 4 is 11.6 Å². The monoisotopic (exact) mass is 357 g/mol. The first-order chi connectivity index (χ1) is 12.7. The molecule has 0 spiro atoms. The number of hydrogen-bond acceptors (Lipinski definition) is 4. The molecule has 0 unspecified atom stereocenters. The van der Waals surface area contributed by atoms with Crippen molar-refractivity contribution in [3.63, 3.8) is 0 Å². The second kappa shape index (κ2) is 9.29. The number of piperidine rings is 1. The molecule has 1 N–H and O–H groups in total. The molecule has 1 fully saturated rings. The minimum Gasteiger partial charge on any atom is -0.493 e. The largest absolute Gasteiger partial charge is 0.493 e. The highest BCUT2D eigenvalue weighted by atomic mass is 19.1. The van der Waals surface area contributed by atoms with Crippen molar-refractivity contribution in [1.82, 2.24) is 9.88 Å². The number of pyridine rings is 1. The van der Waals surface area contributed by atoms with Gasteiger partial charge < -0.3 is 15.0 Å². The Bertz CT molecular complexity index is 711. The molecule has 2 aromatic rings. The maximum atomic E-state index is 13.2. The topological polar surface area (TPSA) is 54.5 Å². The standard InChI is InChI=1S/C20H24FN3O2/c21-17-5-1-7-19(12-17)26-15-16-4-3-10-24(14-16)11-8-20(25)23-18-6-2-9-22-13-18/h1-2,5-7,9,12-13,16H,3-4,8,10-11,14-15H2,(H,23,25)/t16-/m1/s1. The number of likely N-dealkylation sites (tertiary alicyclic amines) is 1. The lowest BCUT2D eigenvalue weighted by molar-refractivity contribution is -0.116. The fourth-order valence-electron chi connectivity index (χ4n) is 3.18. The number of aromatic nitrogens is 1. The Morgan fingerprint density at radius 3 is 3.08 bits per heavy atom. The molecule has 1 aliphatic rings. The van der Waals surface area contributed by atoms with Crippen molar-refractivity contribution in [1.29, 1.82) is 0 Å². The predicted octanol–water partition coefficient (Wildman–Crippen LogP) is 3.34. The third-order valence-corrected chi connectivity index (χ3v) is 4.49. The zero-order chi connectivity index (χ0) is 18.2. The summed E-state index contributed by atoms with van der Waals surface area (Å²) in [6.45, 7) is 3.19. The Balaban J connectivity index is 1.40. The lowest BCUT2D eigenvalue weighted by atomic mass is 9.99. The zero-order valence-electron chi connectivity index (χ0n) is 14.7. The molecule has 138 valence electrons. The molecule has 26 heavy (non-hydrogen) atoms. The van der Waals surface area contributed by atoms with Crippen LogP contribution < -0.4 is 10.1 Å². The van der Waals surface area contributed by atoms with Gasteiger partial charge in [0, 0.05) is 37.7 Å². The van der Waals surface area contributed by atoms with Gasteiger partial charge in [-0.05, 0) is 43.7 Å². The van der Waals surface area contributed by atoms with E-state index in [9.17, 15) is 9.18 Å². The number of ether oxygens (including phenoxy) is 1. The summed E-state index contributed by atoms with van der Waals surface area (Å²) in [6, 6.07) is 9.86. The molecule has 1 aromatic heterocycles. The Morgan fingerprint density at radius 2 is 2.27 bits per heavy atom. The van der Waals surface area contributed by atoms with Crippen LogP contribution in [0.5, 0.6) is 5.75 Å². The van der Waals surface area contributed by atoms with Crippen LogP contribution in [-0.2, 0) is 4.79 Å². The van der Waals surface area contributed by atoms with Crippen LogP contribution in [-0.4, -0.2) is 42.0 Å². The highest BCUT2D eigenvalue weighted by Gasteiger charge is 2.21. The van der Waals surface area contributed by atoms with Crippen LogP contribution in [0.25, 0.3) is 0 Å². The maximum absolute atomic E-state index is 13.2. The zero-order valence-corrected chi connectivity index (χ0v) is 14.7. The molecule has 0 aliphatic carbocycles. The molecule has 1 aromatic carbocycles. The quantitative estimate of drug-likeness (QED) is 0.826. The van der Waals surface area contributed by atoms with E-state index in [1.807, 2.05) is 6.07 Å². The molecule has 1 saturated heterocycles. The highest BCUT2D eigenvalue weighted by Crippen LogP contribution is 2.19. The minimum atomic E-state index is -0.285. The van der Waals surface area contributed by atoms with Gasteiger partial charge in [-0.15, -0.1) is 0 Å². The van der Waals surface area contributed by atoms with Crippen LogP contribution in [0.1, 0.15) is 19.3 Å². The number of hydrogen-bond donors (Lipinski definition) is 1. The molecular weight excluding hydrogens is 333 g/mol. The number of amides is 1. The Hall–Kier alpha value is -2.47. The average molecular weight is 357 g/mol. The molecule has 2 heterocycles. The number of benzene rings is 1. The van der Waals surface area contributed by atoms with Crippen LogP contribution >= 0.6 is 0 Å². The maximum Gasteiger partial charge on any atom is 0.225 e. The van der Waals surface area contributed by atoms with E-state index in [1.165, 1.54) is 12.1 Å². The van der Waals surface area contributed by atoms with Crippen LogP contribution in [0.4, 0.5) is 10.1 Å². The molecule has 0 radical (unpaired) electrons. The molecule has 0 saturated carbocycles. The molecular formula is C20H24FN3O2. The summed E-state index contributed by atoms with van der Waals surface area (Å²) in [7, 11) is 0. The summed E-state index contributed by atoms with van der Waals surface area (Å²) in [4.78, 5) is 18.3. The molecule has 1 atom stereocenters. The lowest BCUT2D eigenvalue weighted by Crippen LogP contribution is -2.39. The first kappa shape index (κ1) is 18.3. The van der Waals surface area contributed by atoms with Crippen molar-refractivity contribution in [3.8, 4) is 5.75 Å². The van der Waals surface area contributed by atoms with Gasteiger partial charge >= 0.3 is 0 Å². The van der Waals surface area contributed by atoms with Crippen LogP contribution in [0.15, 0.2) is 48.8 Å². The fraction of sp³-hybridized carbons (Fsp3) is 0.400. The van der Waals surface area contributed by atoms with Crippen LogP contribution in [0.3, 0.4) is 0 Å². The van der Waals surface area contributed by atoms with Crippen molar-refractivity contribution < 1.29 is 13.9 Å². The van der Waals surface area contributed by atoms with Crippen molar-refractivity contribution in [3.05, 3.63) is 54.6 Å². The number of rotatable bonds is 7. The van der Waals surface area contributed by atoms with Gasteiger partial charge in [-0.2, -0.15) is 0 Å². The Labute approximate surface area is 153 Å². The smallest absolute Gasteiger partial charge is 0.225 e. The Morgan fingerprint density at radius 1 is 1.35 bits per heavy atom. The summed E-state index contributed by atoms with van der Waals surface area (Å²) >= 11 is 0. The first-order valence-corrected chi connectivity index (χ1v) is 8.99. The summed E-state index contributed by atoms with van der Waals surface area (Å²) < 4.78 is 18.9. The molecule has 6 heteroatoms. The van der Waals surface area contributed by atoms with Gasteiger partial charge in [-0.25, -0.2) is 4.39 Å². The fourth-order valence-corrected chi connectivity index (χ4v) is 3.18. The average Bonchev–Trinajstić information content (AvgIpc) is 2.66. The van der Waals surface area contributed by atoms with E-state index in [0.29, 0.717) is 24.7 Å². The highest BCUT2D eigenvalue weighted by molar-refractivity contribution is 5.90. The van der Waals surface area contributed by atoms with Crippen LogP contribution in [0, 0.1) is 11.7 Å². The molecule has 1 amide bonds. The third-order valence-electron chi connectivity index (χ3n) is 4.49.